The summed E-state index contributed by atoms with van der Waals surface area (Å²) in [5.74, 6) is -2.64. The smallest absolute Gasteiger partial charge is 0.264 e. The van der Waals surface area contributed by atoms with E-state index in [-0.39, 0.29) is 24.8 Å². The van der Waals surface area contributed by atoms with E-state index in [0.29, 0.717) is 16.7 Å². The van der Waals surface area contributed by atoms with Gasteiger partial charge < -0.3 is 4.57 Å². The Kier molecular flexibility index (Phi) is 2.51. The van der Waals surface area contributed by atoms with Crippen molar-refractivity contribution in [1.29, 1.82) is 0 Å². The zero-order valence-corrected chi connectivity index (χ0v) is 10.3. The normalized spacial score (nSPS) is 18.6. The Bertz CT molecular complexity index is 729. The van der Waals surface area contributed by atoms with E-state index < -0.39 is 5.92 Å². The molecule has 0 saturated heterocycles. The van der Waals surface area contributed by atoms with Crippen molar-refractivity contribution < 1.29 is 8.78 Å². The number of allylic oxidation sites excluding steroid dienone is 2. The van der Waals surface area contributed by atoms with E-state index in [1.54, 1.807) is 7.05 Å². The highest BCUT2D eigenvalue weighted by atomic mass is 19.3. The molecule has 0 N–H and O–H groups in total. The molecule has 0 unspecified atom stereocenters. The van der Waals surface area contributed by atoms with Crippen LogP contribution in [-0.2, 0) is 7.05 Å². The largest absolute Gasteiger partial charge is 0.302 e. The molecule has 19 heavy (non-hydrogen) atoms. The number of aryl methyl sites for hydroxylation is 1. The van der Waals surface area contributed by atoms with Gasteiger partial charge in [-0.3, -0.25) is 4.79 Å². The number of alkyl halides is 2. The lowest BCUT2D eigenvalue weighted by atomic mass is 10.0. The number of rotatable bonds is 1. The Morgan fingerprint density at radius 1 is 1.42 bits per heavy atom. The van der Waals surface area contributed by atoms with Gasteiger partial charge in [-0.25, -0.2) is 18.4 Å². The van der Waals surface area contributed by atoms with E-state index in [0.717, 1.165) is 0 Å². The summed E-state index contributed by atoms with van der Waals surface area (Å²) in [4.78, 5) is 16.0. The molecule has 1 aliphatic carbocycles. The summed E-state index contributed by atoms with van der Waals surface area (Å²) < 4.78 is 29.1. The third kappa shape index (κ3) is 1.94. The van der Waals surface area contributed by atoms with Crippen molar-refractivity contribution in [2.45, 2.75) is 25.2 Å². The van der Waals surface area contributed by atoms with Crippen molar-refractivity contribution in [1.82, 2.24) is 19.3 Å². The molecule has 0 radical (unpaired) electrons. The van der Waals surface area contributed by atoms with Crippen LogP contribution in [0.25, 0.3) is 16.7 Å². The van der Waals surface area contributed by atoms with Gasteiger partial charge in [-0.2, -0.15) is 5.10 Å². The average molecular weight is 266 g/mol. The molecule has 100 valence electrons. The van der Waals surface area contributed by atoms with E-state index in [1.807, 2.05) is 0 Å². The van der Waals surface area contributed by atoms with Crippen molar-refractivity contribution >= 4 is 16.7 Å². The van der Waals surface area contributed by atoms with E-state index in [2.05, 4.69) is 10.1 Å². The number of hydrogen-bond acceptors (Lipinski definition) is 3. The van der Waals surface area contributed by atoms with E-state index in [4.69, 9.17) is 0 Å². The predicted octanol–water partition coefficient (Wildman–Crippen LogP) is 1.79. The van der Waals surface area contributed by atoms with Gasteiger partial charge in [-0.05, 0) is 6.42 Å². The van der Waals surface area contributed by atoms with Crippen molar-refractivity contribution in [3.05, 3.63) is 29.0 Å². The quantitative estimate of drug-likeness (QED) is 0.790. The van der Waals surface area contributed by atoms with Gasteiger partial charge in [0.25, 0.3) is 11.5 Å². The molecular formula is C12H12F2N4O. The Labute approximate surface area is 107 Å². The molecule has 0 fully saturated rings. The highest BCUT2D eigenvalue weighted by Crippen LogP contribution is 2.34. The Morgan fingerprint density at radius 2 is 2.21 bits per heavy atom. The number of nitrogens with zero attached hydrogens (tertiary/aromatic N) is 4. The topological polar surface area (TPSA) is 52.7 Å². The molecule has 3 rings (SSSR count). The summed E-state index contributed by atoms with van der Waals surface area (Å²) in [6.07, 6.45) is 4.02. The molecule has 5 nitrogen and oxygen atoms in total. The van der Waals surface area contributed by atoms with E-state index in [1.165, 1.54) is 27.8 Å². The van der Waals surface area contributed by atoms with Crippen LogP contribution in [0.2, 0.25) is 0 Å². The molecule has 7 heteroatoms. The second-order valence-electron chi connectivity index (χ2n) is 4.71. The SMILES string of the molecule is Cn1cnc2c(cnn2C2=CCC(F)(F)CC2)c1=O. The maximum absolute atomic E-state index is 13.1. The monoisotopic (exact) mass is 266 g/mol. The zero-order chi connectivity index (χ0) is 13.6. The molecule has 1 aliphatic rings. The first kappa shape index (κ1) is 12.0. The van der Waals surface area contributed by atoms with Gasteiger partial charge in [0.2, 0.25) is 0 Å². The highest BCUT2D eigenvalue weighted by Gasteiger charge is 2.31. The minimum Gasteiger partial charge on any atom is -0.302 e. The lowest BCUT2D eigenvalue weighted by Gasteiger charge is -2.21. The lowest BCUT2D eigenvalue weighted by Crippen LogP contribution is -2.20. The molecule has 2 aromatic rings. The Balaban J connectivity index is 2.10. The van der Waals surface area contributed by atoms with Crippen LogP contribution in [0.3, 0.4) is 0 Å². The molecule has 0 saturated carbocycles. The standard InChI is InChI=1S/C12H12F2N4O/c1-17-7-15-10-9(11(17)19)6-16-18(10)8-2-4-12(13,14)5-3-8/h2,6-7H,3-5H2,1H3. The van der Waals surface area contributed by atoms with Crippen molar-refractivity contribution in [3.8, 4) is 0 Å². The summed E-state index contributed by atoms with van der Waals surface area (Å²) in [5.41, 5.74) is 0.888. The molecular weight excluding hydrogens is 254 g/mol. The molecule has 0 aromatic carbocycles. The van der Waals surface area contributed by atoms with Gasteiger partial charge in [0.1, 0.15) is 5.39 Å². The van der Waals surface area contributed by atoms with Crippen LogP contribution in [0.15, 0.2) is 23.4 Å². The fraction of sp³-hybridized carbons (Fsp3) is 0.417. The zero-order valence-electron chi connectivity index (χ0n) is 10.3. The van der Waals surface area contributed by atoms with Gasteiger partial charge in [-0.1, -0.05) is 6.08 Å². The fourth-order valence-electron chi connectivity index (χ4n) is 2.19. The van der Waals surface area contributed by atoms with Crippen LogP contribution in [0, 0.1) is 0 Å². The molecule has 0 atom stereocenters. The first-order valence-corrected chi connectivity index (χ1v) is 5.94. The summed E-state index contributed by atoms with van der Waals surface area (Å²) >= 11 is 0. The number of halogens is 2. The minimum atomic E-state index is -2.64. The van der Waals surface area contributed by atoms with Crippen LogP contribution < -0.4 is 5.56 Å². The fourth-order valence-corrected chi connectivity index (χ4v) is 2.19. The summed E-state index contributed by atoms with van der Waals surface area (Å²) in [6, 6.07) is 0. The third-order valence-electron chi connectivity index (χ3n) is 3.30. The van der Waals surface area contributed by atoms with E-state index in [9.17, 15) is 13.6 Å². The molecule has 2 aromatic heterocycles. The first-order chi connectivity index (χ1) is 8.98. The Morgan fingerprint density at radius 3 is 2.89 bits per heavy atom. The minimum absolute atomic E-state index is 0.196. The second kappa shape index (κ2) is 3.97. The maximum Gasteiger partial charge on any atom is 0.264 e. The predicted molar refractivity (Wildman–Crippen MR) is 65.8 cm³/mol. The van der Waals surface area contributed by atoms with E-state index >= 15 is 0 Å². The number of hydrogen-bond donors (Lipinski definition) is 0. The van der Waals surface area contributed by atoms with Crippen molar-refractivity contribution in [3.63, 3.8) is 0 Å². The molecule has 0 amide bonds. The van der Waals surface area contributed by atoms with Crippen LogP contribution in [0.1, 0.15) is 19.3 Å². The van der Waals surface area contributed by atoms with Crippen molar-refractivity contribution in [2.24, 2.45) is 7.05 Å². The van der Waals surface area contributed by atoms with Gasteiger partial charge in [0, 0.05) is 25.6 Å². The highest BCUT2D eigenvalue weighted by molar-refractivity contribution is 5.76. The number of aromatic nitrogens is 4. The first-order valence-electron chi connectivity index (χ1n) is 5.94. The lowest BCUT2D eigenvalue weighted by molar-refractivity contribution is -0.00665. The van der Waals surface area contributed by atoms with Gasteiger partial charge in [-0.15, -0.1) is 0 Å². The van der Waals surface area contributed by atoms with Gasteiger partial charge >= 0.3 is 0 Å². The maximum atomic E-state index is 13.1. The van der Waals surface area contributed by atoms with Crippen LogP contribution in [0.4, 0.5) is 8.78 Å². The summed E-state index contributed by atoms with van der Waals surface area (Å²) in [6.45, 7) is 0. The second-order valence-corrected chi connectivity index (χ2v) is 4.71. The van der Waals surface area contributed by atoms with Crippen LogP contribution in [0.5, 0.6) is 0 Å². The summed E-state index contributed by atoms with van der Waals surface area (Å²) in [5, 5.41) is 4.49. The molecule has 0 bridgehead atoms. The van der Waals surface area contributed by atoms with Gasteiger partial charge in [0.05, 0.1) is 12.5 Å². The average Bonchev–Trinajstić information content (AvgIpc) is 2.78. The van der Waals surface area contributed by atoms with Crippen molar-refractivity contribution in [2.75, 3.05) is 0 Å². The number of fused-ring (bicyclic) bond motifs is 1. The molecule has 0 spiro atoms. The Hall–Kier alpha value is -2.05. The molecule has 0 aliphatic heterocycles. The molecule has 2 heterocycles. The summed E-state index contributed by atoms with van der Waals surface area (Å²) in [7, 11) is 1.60. The third-order valence-corrected chi connectivity index (χ3v) is 3.30. The van der Waals surface area contributed by atoms with Crippen LogP contribution in [-0.4, -0.2) is 25.3 Å². The van der Waals surface area contributed by atoms with Gasteiger partial charge in [0.15, 0.2) is 5.65 Å². The van der Waals surface area contributed by atoms with Crippen LogP contribution >= 0.6 is 0 Å².